The molecule has 0 saturated heterocycles. The first-order valence-electron chi connectivity index (χ1n) is 7.41. The van der Waals surface area contributed by atoms with Crippen molar-refractivity contribution in [2.75, 3.05) is 0 Å². The number of carbonyl (C=O) groups is 1. The number of aromatic amines is 1. The van der Waals surface area contributed by atoms with Crippen LogP contribution in [-0.2, 0) is 24.2 Å². The topological polar surface area (TPSA) is 79.8 Å². The Morgan fingerprint density at radius 3 is 3.09 bits per heavy atom. The Labute approximate surface area is 136 Å². The Morgan fingerprint density at radius 2 is 2.30 bits per heavy atom. The lowest BCUT2D eigenvalue weighted by atomic mass is 10.1. The standard InChI is InChI=1S/C15H16ClFN4O2/c16-11-2-1-3-12(17)10(11)8-14(22)18-9-4-5-13-19-20-15(23)21(13)7-6-9/h1-3,9H,4-8H2,(H,18,22)(H,20,23). The highest BCUT2D eigenvalue weighted by atomic mass is 35.5. The second-order valence-corrected chi connectivity index (χ2v) is 5.97. The van der Waals surface area contributed by atoms with Gasteiger partial charge in [0.2, 0.25) is 5.91 Å². The lowest BCUT2D eigenvalue weighted by Crippen LogP contribution is -2.36. The molecule has 1 aromatic heterocycles. The van der Waals surface area contributed by atoms with Gasteiger partial charge >= 0.3 is 5.69 Å². The van der Waals surface area contributed by atoms with Gasteiger partial charge in [0, 0.05) is 29.6 Å². The molecule has 0 fully saturated rings. The van der Waals surface area contributed by atoms with Gasteiger partial charge in [-0.05, 0) is 25.0 Å². The highest BCUT2D eigenvalue weighted by Gasteiger charge is 2.21. The molecule has 1 aromatic carbocycles. The van der Waals surface area contributed by atoms with Gasteiger partial charge in [0.05, 0.1) is 6.42 Å². The van der Waals surface area contributed by atoms with Crippen LogP contribution in [0.4, 0.5) is 4.39 Å². The fourth-order valence-electron chi connectivity index (χ4n) is 2.79. The van der Waals surface area contributed by atoms with Crippen LogP contribution in [0.2, 0.25) is 5.02 Å². The predicted octanol–water partition coefficient (Wildman–Crippen LogP) is 1.43. The first kappa shape index (κ1) is 15.7. The van der Waals surface area contributed by atoms with Gasteiger partial charge in [0.15, 0.2) is 0 Å². The van der Waals surface area contributed by atoms with Crippen LogP contribution in [0.25, 0.3) is 0 Å². The summed E-state index contributed by atoms with van der Waals surface area (Å²) in [6.45, 7) is 0.496. The number of nitrogens with zero attached hydrogens (tertiary/aromatic N) is 2. The molecule has 1 aliphatic heterocycles. The number of aryl methyl sites for hydroxylation is 1. The summed E-state index contributed by atoms with van der Waals surface area (Å²) in [6, 6.07) is 4.27. The number of halogens is 2. The zero-order valence-electron chi connectivity index (χ0n) is 12.3. The number of benzene rings is 1. The van der Waals surface area contributed by atoms with E-state index in [4.69, 9.17) is 11.6 Å². The molecule has 2 heterocycles. The third-order valence-corrected chi connectivity index (χ3v) is 4.37. The molecular weight excluding hydrogens is 323 g/mol. The van der Waals surface area contributed by atoms with Gasteiger partial charge in [0.1, 0.15) is 11.6 Å². The summed E-state index contributed by atoms with van der Waals surface area (Å²) in [7, 11) is 0. The van der Waals surface area contributed by atoms with Gasteiger partial charge < -0.3 is 5.32 Å². The number of aromatic nitrogens is 3. The second kappa shape index (κ2) is 6.54. The van der Waals surface area contributed by atoms with E-state index in [0.717, 1.165) is 0 Å². The van der Waals surface area contributed by atoms with Crippen molar-refractivity contribution >= 4 is 17.5 Å². The van der Waals surface area contributed by atoms with E-state index < -0.39 is 5.82 Å². The van der Waals surface area contributed by atoms with E-state index in [1.165, 1.54) is 12.1 Å². The summed E-state index contributed by atoms with van der Waals surface area (Å²) in [5, 5.41) is 9.52. The highest BCUT2D eigenvalue weighted by molar-refractivity contribution is 6.31. The summed E-state index contributed by atoms with van der Waals surface area (Å²) in [6.07, 6.45) is 1.81. The van der Waals surface area contributed by atoms with Crippen LogP contribution in [0.1, 0.15) is 24.2 Å². The number of fused-ring (bicyclic) bond motifs is 1. The highest BCUT2D eigenvalue weighted by Crippen LogP contribution is 2.19. The average Bonchev–Trinajstić information content (AvgIpc) is 2.74. The maximum atomic E-state index is 13.7. The monoisotopic (exact) mass is 338 g/mol. The molecule has 2 aromatic rings. The minimum absolute atomic E-state index is 0.0749. The minimum Gasteiger partial charge on any atom is -0.353 e. The van der Waals surface area contributed by atoms with Crippen LogP contribution in [0.3, 0.4) is 0 Å². The first-order chi connectivity index (χ1) is 11.0. The van der Waals surface area contributed by atoms with E-state index in [1.807, 2.05) is 0 Å². The Morgan fingerprint density at radius 1 is 1.48 bits per heavy atom. The fraction of sp³-hybridized carbons (Fsp3) is 0.400. The van der Waals surface area contributed by atoms with Crippen LogP contribution in [0.15, 0.2) is 23.0 Å². The number of hydrogen-bond acceptors (Lipinski definition) is 3. The van der Waals surface area contributed by atoms with Crippen molar-refractivity contribution in [2.24, 2.45) is 0 Å². The Bertz CT molecular complexity index is 766. The van der Waals surface area contributed by atoms with Gasteiger partial charge in [-0.1, -0.05) is 17.7 Å². The van der Waals surface area contributed by atoms with Gasteiger partial charge in [-0.15, -0.1) is 0 Å². The maximum Gasteiger partial charge on any atom is 0.343 e. The Balaban J connectivity index is 1.62. The molecule has 0 saturated carbocycles. The van der Waals surface area contributed by atoms with Crippen molar-refractivity contribution in [3.05, 3.63) is 50.9 Å². The molecule has 23 heavy (non-hydrogen) atoms. The largest absolute Gasteiger partial charge is 0.353 e. The average molecular weight is 339 g/mol. The van der Waals surface area contributed by atoms with E-state index in [-0.39, 0.29) is 34.6 Å². The molecule has 0 radical (unpaired) electrons. The van der Waals surface area contributed by atoms with Gasteiger partial charge in [-0.25, -0.2) is 14.3 Å². The van der Waals surface area contributed by atoms with Crippen molar-refractivity contribution < 1.29 is 9.18 Å². The van der Waals surface area contributed by atoms with Crippen molar-refractivity contribution in [3.63, 3.8) is 0 Å². The van der Waals surface area contributed by atoms with Crippen LogP contribution in [0, 0.1) is 5.82 Å². The van der Waals surface area contributed by atoms with Crippen molar-refractivity contribution in [2.45, 2.75) is 38.3 Å². The summed E-state index contributed by atoms with van der Waals surface area (Å²) in [5.74, 6) is -0.0699. The third kappa shape index (κ3) is 3.44. The molecule has 122 valence electrons. The number of amides is 1. The van der Waals surface area contributed by atoms with Crippen LogP contribution in [0.5, 0.6) is 0 Å². The molecular formula is C15H16ClFN4O2. The number of nitrogens with one attached hydrogen (secondary N) is 2. The maximum absolute atomic E-state index is 13.7. The molecule has 1 amide bonds. The second-order valence-electron chi connectivity index (χ2n) is 5.57. The van der Waals surface area contributed by atoms with Crippen molar-refractivity contribution in [1.82, 2.24) is 20.1 Å². The van der Waals surface area contributed by atoms with Gasteiger partial charge in [0.25, 0.3) is 0 Å². The fourth-order valence-corrected chi connectivity index (χ4v) is 3.02. The molecule has 0 bridgehead atoms. The first-order valence-corrected chi connectivity index (χ1v) is 7.78. The number of rotatable bonds is 3. The van der Waals surface area contributed by atoms with Crippen LogP contribution in [-0.4, -0.2) is 26.7 Å². The minimum atomic E-state index is -0.486. The molecule has 2 N–H and O–H groups in total. The van der Waals surface area contributed by atoms with E-state index in [9.17, 15) is 14.0 Å². The molecule has 0 aliphatic carbocycles. The number of carbonyl (C=O) groups excluding carboxylic acids is 1. The Hall–Kier alpha value is -2.15. The lowest BCUT2D eigenvalue weighted by Gasteiger charge is -2.16. The summed E-state index contributed by atoms with van der Waals surface area (Å²) >= 11 is 5.94. The third-order valence-electron chi connectivity index (χ3n) is 4.02. The molecule has 0 spiro atoms. The van der Waals surface area contributed by atoms with E-state index in [2.05, 4.69) is 15.5 Å². The van der Waals surface area contributed by atoms with E-state index >= 15 is 0 Å². The van der Waals surface area contributed by atoms with E-state index in [1.54, 1.807) is 10.6 Å². The van der Waals surface area contributed by atoms with Crippen molar-refractivity contribution in [1.29, 1.82) is 0 Å². The Kier molecular flexibility index (Phi) is 4.47. The van der Waals surface area contributed by atoms with E-state index in [0.29, 0.717) is 31.6 Å². The zero-order valence-corrected chi connectivity index (χ0v) is 13.1. The summed E-state index contributed by atoms with van der Waals surface area (Å²) in [5.41, 5.74) is -0.0326. The molecule has 1 atom stereocenters. The molecule has 1 aliphatic rings. The lowest BCUT2D eigenvalue weighted by molar-refractivity contribution is -0.121. The van der Waals surface area contributed by atoms with Crippen LogP contribution < -0.4 is 11.0 Å². The van der Waals surface area contributed by atoms with Crippen molar-refractivity contribution in [3.8, 4) is 0 Å². The van der Waals surface area contributed by atoms with Crippen LogP contribution >= 0.6 is 11.6 Å². The van der Waals surface area contributed by atoms with Gasteiger partial charge in [-0.3, -0.25) is 9.36 Å². The quantitative estimate of drug-likeness (QED) is 0.888. The molecule has 6 nitrogen and oxygen atoms in total. The van der Waals surface area contributed by atoms with Gasteiger partial charge in [-0.2, -0.15) is 5.10 Å². The molecule has 8 heteroatoms. The smallest absolute Gasteiger partial charge is 0.343 e. The number of hydrogen-bond donors (Lipinski definition) is 2. The summed E-state index contributed by atoms with van der Waals surface area (Å²) < 4.78 is 15.3. The normalized spacial score (nSPS) is 17.4. The molecule has 1 unspecified atom stereocenters. The SMILES string of the molecule is O=C(Cc1c(F)cccc1Cl)NC1CCc2n[nH]c(=O)n2CC1. The number of H-pyrrole nitrogens is 1. The molecule has 3 rings (SSSR count). The summed E-state index contributed by atoms with van der Waals surface area (Å²) in [4.78, 5) is 23.7. The zero-order chi connectivity index (χ0) is 16.4. The predicted molar refractivity (Wildman–Crippen MR) is 82.8 cm³/mol.